The van der Waals surface area contributed by atoms with Crippen molar-refractivity contribution in [3.8, 4) is 11.9 Å². The third-order valence-electron chi connectivity index (χ3n) is 5.17. The average molecular weight is 398 g/mol. The summed E-state index contributed by atoms with van der Waals surface area (Å²) >= 11 is 0. The van der Waals surface area contributed by atoms with Gasteiger partial charge in [-0.25, -0.2) is 9.18 Å². The fraction of sp³-hybridized carbons (Fsp3) is 0.381. The van der Waals surface area contributed by atoms with Gasteiger partial charge in [0.25, 0.3) is 0 Å². The molecular formula is C21H23FN4O3. The molecule has 0 saturated heterocycles. The maximum Gasteiger partial charge on any atom is 0.407 e. The predicted octanol–water partition coefficient (Wildman–Crippen LogP) is 4.00. The van der Waals surface area contributed by atoms with Crippen LogP contribution >= 0.6 is 0 Å². The molecule has 1 aliphatic carbocycles. The summed E-state index contributed by atoms with van der Waals surface area (Å²) in [6.07, 6.45) is 1.78. The summed E-state index contributed by atoms with van der Waals surface area (Å²) < 4.78 is 19.3. The standard InChI is InChI=1S/C21H23FN4O3/c1-29-20-15(12-23)11-18(22)19(25-20)24-16-7-9-17(10-8-16)26(21(27)28)13-14-5-3-2-4-6-14/h2-6,11,16-17H,7-10,13H2,1H3,(H,24,25)(H,27,28)/t16-,17-. The Morgan fingerprint density at radius 1 is 1.34 bits per heavy atom. The van der Waals surface area contributed by atoms with Crippen molar-refractivity contribution in [2.45, 2.75) is 44.3 Å². The van der Waals surface area contributed by atoms with Crippen molar-refractivity contribution in [2.24, 2.45) is 0 Å². The largest absolute Gasteiger partial charge is 0.480 e. The molecule has 3 rings (SSSR count). The van der Waals surface area contributed by atoms with Crippen LogP contribution in [0.5, 0.6) is 5.88 Å². The minimum Gasteiger partial charge on any atom is -0.480 e. The van der Waals surface area contributed by atoms with E-state index in [2.05, 4.69) is 10.3 Å². The van der Waals surface area contributed by atoms with Crippen molar-refractivity contribution in [3.05, 3.63) is 53.3 Å². The van der Waals surface area contributed by atoms with Crippen LogP contribution in [0.15, 0.2) is 36.4 Å². The molecule has 2 aromatic rings. The van der Waals surface area contributed by atoms with E-state index < -0.39 is 11.9 Å². The highest BCUT2D eigenvalue weighted by Crippen LogP contribution is 2.28. The third kappa shape index (κ3) is 4.93. The Morgan fingerprint density at radius 2 is 2.03 bits per heavy atom. The number of carboxylic acid groups (broad SMARTS) is 1. The summed E-state index contributed by atoms with van der Waals surface area (Å²) in [7, 11) is 1.38. The van der Waals surface area contributed by atoms with E-state index in [1.165, 1.54) is 12.0 Å². The Bertz CT molecular complexity index is 893. The van der Waals surface area contributed by atoms with Gasteiger partial charge in [-0.1, -0.05) is 30.3 Å². The molecule has 7 nitrogen and oxygen atoms in total. The van der Waals surface area contributed by atoms with Crippen LogP contribution in [0.1, 0.15) is 36.8 Å². The number of methoxy groups -OCH3 is 1. The quantitative estimate of drug-likeness (QED) is 0.763. The van der Waals surface area contributed by atoms with E-state index in [4.69, 9.17) is 10.00 Å². The van der Waals surface area contributed by atoms with Crippen LogP contribution in [0, 0.1) is 17.1 Å². The van der Waals surface area contributed by atoms with Gasteiger partial charge in [0.15, 0.2) is 11.6 Å². The highest BCUT2D eigenvalue weighted by atomic mass is 19.1. The van der Waals surface area contributed by atoms with Crippen LogP contribution in [0.4, 0.5) is 15.0 Å². The van der Waals surface area contributed by atoms with Gasteiger partial charge in [-0.05, 0) is 31.2 Å². The SMILES string of the molecule is COc1nc(N[C@H]2CC[C@H](N(Cc3ccccc3)C(=O)O)CC2)c(F)cc1C#N. The number of benzene rings is 1. The number of ether oxygens (including phenoxy) is 1. The van der Waals surface area contributed by atoms with Crippen molar-refractivity contribution < 1.29 is 19.0 Å². The summed E-state index contributed by atoms with van der Waals surface area (Å²) in [5.74, 6) is -0.491. The first-order valence-electron chi connectivity index (χ1n) is 9.46. The second kappa shape index (κ2) is 9.24. The summed E-state index contributed by atoms with van der Waals surface area (Å²) in [4.78, 5) is 17.3. The monoisotopic (exact) mass is 398 g/mol. The van der Waals surface area contributed by atoms with Crippen molar-refractivity contribution in [1.82, 2.24) is 9.88 Å². The van der Waals surface area contributed by atoms with E-state index in [-0.39, 0.29) is 29.3 Å². The molecule has 0 spiro atoms. The minimum absolute atomic E-state index is 0.0294. The first-order chi connectivity index (χ1) is 14.0. The van der Waals surface area contributed by atoms with Crippen LogP contribution in [0.2, 0.25) is 0 Å². The maximum atomic E-state index is 14.2. The summed E-state index contributed by atoms with van der Waals surface area (Å²) in [5, 5.41) is 21.7. The number of hydrogen-bond acceptors (Lipinski definition) is 5. The Balaban J connectivity index is 1.63. The molecular weight excluding hydrogens is 375 g/mol. The molecule has 8 heteroatoms. The predicted molar refractivity (Wildman–Crippen MR) is 105 cm³/mol. The Labute approximate surface area is 168 Å². The molecule has 1 fully saturated rings. The van der Waals surface area contributed by atoms with Gasteiger partial charge in [0.05, 0.1) is 7.11 Å². The first kappa shape index (κ1) is 20.4. The first-order valence-corrected chi connectivity index (χ1v) is 9.46. The Morgan fingerprint density at radius 3 is 2.62 bits per heavy atom. The third-order valence-corrected chi connectivity index (χ3v) is 5.17. The van der Waals surface area contributed by atoms with Crippen molar-refractivity contribution in [2.75, 3.05) is 12.4 Å². The number of nitrogens with zero attached hydrogens (tertiary/aromatic N) is 3. The summed E-state index contributed by atoms with van der Waals surface area (Å²) in [6.45, 7) is 0.349. The van der Waals surface area contributed by atoms with Gasteiger partial charge in [-0.3, -0.25) is 0 Å². The van der Waals surface area contributed by atoms with Gasteiger partial charge < -0.3 is 20.1 Å². The molecule has 0 atom stereocenters. The fourth-order valence-corrected chi connectivity index (χ4v) is 3.67. The smallest absolute Gasteiger partial charge is 0.407 e. The lowest BCUT2D eigenvalue weighted by atomic mass is 9.90. The maximum absolute atomic E-state index is 14.2. The van der Waals surface area contributed by atoms with Crippen LogP contribution < -0.4 is 10.1 Å². The topological polar surface area (TPSA) is 98.5 Å². The number of carbonyl (C=O) groups is 1. The number of amides is 1. The molecule has 29 heavy (non-hydrogen) atoms. The average Bonchev–Trinajstić information content (AvgIpc) is 2.74. The lowest BCUT2D eigenvalue weighted by molar-refractivity contribution is 0.105. The number of nitriles is 1. The molecule has 0 radical (unpaired) electrons. The van der Waals surface area contributed by atoms with Crippen LogP contribution in [0.25, 0.3) is 0 Å². The zero-order valence-corrected chi connectivity index (χ0v) is 16.1. The Kier molecular flexibility index (Phi) is 6.50. The van der Waals surface area contributed by atoms with E-state index in [0.717, 1.165) is 11.6 Å². The van der Waals surface area contributed by atoms with E-state index in [9.17, 15) is 14.3 Å². The zero-order chi connectivity index (χ0) is 20.8. The number of aromatic nitrogens is 1. The molecule has 0 unspecified atom stereocenters. The molecule has 0 aliphatic heterocycles. The molecule has 1 saturated carbocycles. The van der Waals surface area contributed by atoms with Crippen LogP contribution in [-0.2, 0) is 6.54 Å². The fourth-order valence-electron chi connectivity index (χ4n) is 3.67. The number of nitrogens with one attached hydrogen (secondary N) is 1. The molecule has 152 valence electrons. The molecule has 1 aromatic heterocycles. The zero-order valence-electron chi connectivity index (χ0n) is 16.1. The van der Waals surface area contributed by atoms with Crippen molar-refractivity contribution in [1.29, 1.82) is 5.26 Å². The number of halogens is 1. The highest BCUT2D eigenvalue weighted by molar-refractivity contribution is 5.65. The molecule has 0 bridgehead atoms. The number of rotatable bonds is 6. The van der Waals surface area contributed by atoms with Crippen LogP contribution in [0.3, 0.4) is 0 Å². The van der Waals surface area contributed by atoms with E-state index in [1.807, 2.05) is 36.4 Å². The van der Waals surface area contributed by atoms with Gasteiger partial charge in [0.2, 0.25) is 5.88 Å². The van der Waals surface area contributed by atoms with Gasteiger partial charge in [-0.2, -0.15) is 10.2 Å². The second-order valence-electron chi connectivity index (χ2n) is 7.03. The van der Waals surface area contributed by atoms with E-state index in [0.29, 0.717) is 32.2 Å². The number of pyridine rings is 1. The molecule has 1 aliphatic rings. The minimum atomic E-state index is -0.935. The lowest BCUT2D eigenvalue weighted by Crippen LogP contribution is -2.43. The van der Waals surface area contributed by atoms with Crippen molar-refractivity contribution in [3.63, 3.8) is 0 Å². The summed E-state index contributed by atoms with van der Waals surface area (Å²) in [5.41, 5.74) is 0.989. The van der Waals surface area contributed by atoms with Gasteiger partial charge >= 0.3 is 6.09 Å². The molecule has 1 amide bonds. The summed E-state index contributed by atoms with van der Waals surface area (Å²) in [6, 6.07) is 12.3. The van der Waals surface area contributed by atoms with Crippen molar-refractivity contribution >= 4 is 11.9 Å². The van der Waals surface area contributed by atoms with E-state index in [1.54, 1.807) is 0 Å². The molecule has 1 heterocycles. The van der Waals surface area contributed by atoms with E-state index >= 15 is 0 Å². The molecule has 2 N–H and O–H groups in total. The number of anilines is 1. The Hall–Kier alpha value is -3.34. The van der Waals surface area contributed by atoms with Crippen LogP contribution in [-0.4, -0.2) is 40.3 Å². The van der Waals surface area contributed by atoms with Gasteiger partial charge in [0, 0.05) is 24.7 Å². The highest BCUT2D eigenvalue weighted by Gasteiger charge is 2.29. The van der Waals surface area contributed by atoms with Gasteiger partial charge in [0.1, 0.15) is 11.6 Å². The molecule has 1 aromatic carbocycles. The lowest BCUT2D eigenvalue weighted by Gasteiger charge is -2.35. The normalized spacial score (nSPS) is 18.5. The number of hydrogen-bond donors (Lipinski definition) is 2. The second-order valence-corrected chi connectivity index (χ2v) is 7.03. The van der Waals surface area contributed by atoms with Gasteiger partial charge in [-0.15, -0.1) is 0 Å².